The number of methoxy groups -OCH3 is 1. The van der Waals surface area contributed by atoms with E-state index in [4.69, 9.17) is 13.9 Å². The van der Waals surface area contributed by atoms with Crippen molar-refractivity contribution in [1.82, 2.24) is 5.32 Å². The topological polar surface area (TPSA) is 89.8 Å². The maximum absolute atomic E-state index is 12.2. The van der Waals surface area contributed by atoms with Gasteiger partial charge in [0, 0.05) is 18.3 Å². The van der Waals surface area contributed by atoms with E-state index in [1.807, 2.05) is 37.3 Å². The molecule has 2 N–H and O–H groups in total. The van der Waals surface area contributed by atoms with Gasteiger partial charge in [0.15, 0.2) is 17.3 Å². The van der Waals surface area contributed by atoms with Gasteiger partial charge in [-0.3, -0.25) is 9.59 Å². The largest absolute Gasteiger partial charge is 0.493 e. The summed E-state index contributed by atoms with van der Waals surface area (Å²) in [5, 5.41) is 5.58. The van der Waals surface area contributed by atoms with Gasteiger partial charge in [-0.2, -0.15) is 0 Å². The number of ether oxygens (including phenoxy) is 2. The second kappa shape index (κ2) is 11.4. The maximum Gasteiger partial charge on any atom is 0.291 e. The molecule has 0 radical (unpaired) electrons. The van der Waals surface area contributed by atoms with Crippen molar-refractivity contribution in [2.24, 2.45) is 0 Å². The maximum atomic E-state index is 12.2. The number of furan rings is 1. The molecule has 0 aliphatic rings. The van der Waals surface area contributed by atoms with Crippen LogP contribution in [0.15, 0.2) is 71.4 Å². The smallest absolute Gasteiger partial charge is 0.291 e. The van der Waals surface area contributed by atoms with Crippen molar-refractivity contribution in [1.29, 1.82) is 0 Å². The molecule has 3 rings (SSSR count). The van der Waals surface area contributed by atoms with Gasteiger partial charge in [-0.15, -0.1) is 0 Å². The molecule has 0 bridgehead atoms. The molecule has 0 spiro atoms. The van der Waals surface area contributed by atoms with E-state index in [0.29, 0.717) is 30.3 Å². The van der Waals surface area contributed by atoms with Gasteiger partial charge in [-0.1, -0.05) is 25.1 Å². The number of carbonyl (C=O) groups excluding carboxylic acids is 2. The summed E-state index contributed by atoms with van der Waals surface area (Å²) >= 11 is 0. The van der Waals surface area contributed by atoms with E-state index in [1.54, 1.807) is 37.5 Å². The Hall–Kier alpha value is -4.00. The number of amides is 2. The highest BCUT2D eigenvalue weighted by Gasteiger charge is 2.08. The number of rotatable bonds is 10. The number of nitrogens with one attached hydrogen (secondary N) is 2. The van der Waals surface area contributed by atoms with Gasteiger partial charge in [0.05, 0.1) is 20.0 Å². The number of hydrogen-bond acceptors (Lipinski definition) is 5. The molecule has 0 fully saturated rings. The number of hydrogen-bond donors (Lipinski definition) is 2. The summed E-state index contributed by atoms with van der Waals surface area (Å²) in [5.74, 6) is 1.02. The van der Waals surface area contributed by atoms with Crippen LogP contribution in [0.4, 0.5) is 5.69 Å². The zero-order valence-corrected chi connectivity index (χ0v) is 18.1. The van der Waals surface area contributed by atoms with Gasteiger partial charge in [-0.05, 0) is 60.0 Å². The molecule has 0 saturated heterocycles. The molecular weight excluding hydrogens is 408 g/mol. The average Bonchev–Trinajstić information content (AvgIpc) is 3.36. The summed E-state index contributed by atoms with van der Waals surface area (Å²) < 4.78 is 16.1. The van der Waals surface area contributed by atoms with Gasteiger partial charge in [0.2, 0.25) is 5.91 Å². The molecule has 32 heavy (non-hydrogen) atoms. The van der Waals surface area contributed by atoms with E-state index in [9.17, 15) is 9.59 Å². The van der Waals surface area contributed by atoms with E-state index in [-0.39, 0.29) is 17.6 Å². The minimum Gasteiger partial charge on any atom is -0.493 e. The van der Waals surface area contributed by atoms with E-state index < -0.39 is 0 Å². The van der Waals surface area contributed by atoms with Crippen LogP contribution in [0.3, 0.4) is 0 Å². The fraction of sp³-hybridized carbons (Fsp3) is 0.200. The first-order valence-electron chi connectivity index (χ1n) is 10.3. The predicted octanol–water partition coefficient (Wildman–Crippen LogP) is 4.66. The fourth-order valence-corrected chi connectivity index (χ4v) is 2.85. The summed E-state index contributed by atoms with van der Waals surface area (Å²) in [5.41, 5.74) is 2.38. The van der Waals surface area contributed by atoms with Crippen LogP contribution in [0.1, 0.15) is 35.0 Å². The van der Waals surface area contributed by atoms with Crippen molar-refractivity contribution in [2.45, 2.75) is 19.9 Å². The SMILES string of the molecule is CCCOc1ccc(/C=C/C(=O)NCc2ccc(NC(=O)c3ccco3)cc2)cc1OC. The highest BCUT2D eigenvalue weighted by molar-refractivity contribution is 6.02. The first kappa shape index (κ1) is 22.7. The molecule has 1 heterocycles. The first-order chi connectivity index (χ1) is 15.6. The van der Waals surface area contributed by atoms with Crippen molar-refractivity contribution in [3.05, 3.63) is 83.8 Å². The highest BCUT2D eigenvalue weighted by atomic mass is 16.5. The normalized spacial score (nSPS) is 10.7. The molecule has 166 valence electrons. The summed E-state index contributed by atoms with van der Waals surface area (Å²) in [7, 11) is 1.59. The Labute approximate surface area is 187 Å². The Morgan fingerprint density at radius 2 is 1.88 bits per heavy atom. The fourth-order valence-electron chi connectivity index (χ4n) is 2.85. The summed E-state index contributed by atoms with van der Waals surface area (Å²) in [6.45, 7) is 3.02. The molecule has 1 aromatic heterocycles. The lowest BCUT2D eigenvalue weighted by Gasteiger charge is -2.10. The summed E-state index contributed by atoms with van der Waals surface area (Å²) in [6, 6.07) is 16.0. The molecule has 7 nitrogen and oxygen atoms in total. The molecule has 0 atom stereocenters. The van der Waals surface area contributed by atoms with Crippen molar-refractivity contribution in [3.63, 3.8) is 0 Å². The third kappa shape index (κ3) is 6.50. The molecule has 2 aromatic carbocycles. The first-order valence-corrected chi connectivity index (χ1v) is 10.3. The lowest BCUT2D eigenvalue weighted by Crippen LogP contribution is -2.20. The van der Waals surface area contributed by atoms with Gasteiger partial charge >= 0.3 is 0 Å². The van der Waals surface area contributed by atoms with E-state index in [2.05, 4.69) is 10.6 Å². The minimum absolute atomic E-state index is 0.217. The molecule has 0 aliphatic carbocycles. The van der Waals surface area contributed by atoms with E-state index >= 15 is 0 Å². The van der Waals surface area contributed by atoms with Crippen LogP contribution in [0, 0.1) is 0 Å². The van der Waals surface area contributed by atoms with Gasteiger partial charge < -0.3 is 24.5 Å². The zero-order valence-electron chi connectivity index (χ0n) is 18.1. The zero-order chi connectivity index (χ0) is 22.8. The molecule has 0 saturated carbocycles. The quantitative estimate of drug-likeness (QED) is 0.453. The highest BCUT2D eigenvalue weighted by Crippen LogP contribution is 2.28. The van der Waals surface area contributed by atoms with Crippen LogP contribution in [-0.4, -0.2) is 25.5 Å². The van der Waals surface area contributed by atoms with Crippen LogP contribution in [0.25, 0.3) is 6.08 Å². The Kier molecular flexibility index (Phi) is 8.09. The second-order valence-corrected chi connectivity index (χ2v) is 6.94. The molecular formula is C25H26N2O5. The number of carbonyl (C=O) groups is 2. The van der Waals surface area contributed by atoms with Crippen LogP contribution in [0.2, 0.25) is 0 Å². The summed E-state index contributed by atoms with van der Waals surface area (Å²) in [4.78, 5) is 24.2. The average molecular weight is 434 g/mol. The monoisotopic (exact) mass is 434 g/mol. The molecule has 7 heteroatoms. The van der Waals surface area contributed by atoms with Crippen LogP contribution in [0.5, 0.6) is 11.5 Å². The second-order valence-electron chi connectivity index (χ2n) is 6.94. The Morgan fingerprint density at radius 1 is 1.06 bits per heavy atom. The van der Waals surface area contributed by atoms with Crippen molar-refractivity contribution < 1.29 is 23.5 Å². The van der Waals surface area contributed by atoms with Gasteiger partial charge in [0.25, 0.3) is 5.91 Å². The third-order valence-electron chi connectivity index (χ3n) is 4.50. The van der Waals surface area contributed by atoms with Crippen molar-refractivity contribution >= 4 is 23.6 Å². The Bertz CT molecular complexity index is 1060. The predicted molar refractivity (Wildman–Crippen MR) is 123 cm³/mol. The van der Waals surface area contributed by atoms with E-state index in [1.165, 1.54) is 12.3 Å². The standard InChI is InChI=1S/C25H26N2O5/c1-3-14-31-21-12-8-18(16-23(21)30-2)9-13-24(28)26-17-19-6-10-20(11-7-19)27-25(29)22-5-4-15-32-22/h4-13,15-16H,3,14,17H2,1-2H3,(H,26,28)(H,27,29)/b13-9+. The lowest BCUT2D eigenvalue weighted by atomic mass is 10.1. The van der Waals surface area contributed by atoms with Crippen LogP contribution >= 0.6 is 0 Å². The van der Waals surface area contributed by atoms with Crippen molar-refractivity contribution in [2.75, 3.05) is 19.0 Å². The lowest BCUT2D eigenvalue weighted by molar-refractivity contribution is -0.116. The van der Waals surface area contributed by atoms with Crippen LogP contribution in [-0.2, 0) is 11.3 Å². The Balaban J connectivity index is 1.50. The molecule has 2 amide bonds. The number of benzene rings is 2. The van der Waals surface area contributed by atoms with Crippen molar-refractivity contribution in [3.8, 4) is 11.5 Å². The number of anilines is 1. The third-order valence-corrected chi connectivity index (χ3v) is 4.50. The minimum atomic E-state index is -0.317. The van der Waals surface area contributed by atoms with Gasteiger partial charge in [0.1, 0.15) is 0 Å². The van der Waals surface area contributed by atoms with Crippen LogP contribution < -0.4 is 20.1 Å². The molecule has 3 aromatic rings. The van der Waals surface area contributed by atoms with Gasteiger partial charge in [-0.25, -0.2) is 0 Å². The summed E-state index contributed by atoms with van der Waals surface area (Å²) in [6.07, 6.45) is 5.55. The Morgan fingerprint density at radius 3 is 2.56 bits per heavy atom. The van der Waals surface area contributed by atoms with E-state index in [0.717, 1.165) is 17.5 Å². The molecule has 0 aliphatic heterocycles. The molecule has 0 unspecified atom stereocenters.